The number of halogens is 2. The molecule has 0 saturated carbocycles. The van der Waals surface area contributed by atoms with Crippen LogP contribution in [0.2, 0.25) is 5.02 Å². The summed E-state index contributed by atoms with van der Waals surface area (Å²) >= 11 is 5.77. The molecule has 0 aliphatic heterocycles. The molecule has 2 aromatic carbocycles. The second-order valence-electron chi connectivity index (χ2n) is 4.74. The summed E-state index contributed by atoms with van der Waals surface area (Å²) in [5, 5.41) is 1.59. The second-order valence-corrected chi connectivity index (χ2v) is 5.18. The first-order valence-electron chi connectivity index (χ1n) is 6.13. The number of nitrogens with zero attached hydrogens (tertiary/aromatic N) is 1. The van der Waals surface area contributed by atoms with Gasteiger partial charge in [-0.3, -0.25) is 0 Å². The van der Waals surface area contributed by atoms with Gasteiger partial charge in [0.1, 0.15) is 5.82 Å². The number of benzene rings is 2. The highest BCUT2D eigenvalue weighted by molar-refractivity contribution is 6.30. The Labute approximate surface area is 116 Å². The lowest BCUT2D eigenvalue weighted by Crippen LogP contribution is -2.00. The van der Waals surface area contributed by atoms with E-state index in [1.54, 1.807) is 12.1 Å². The molecule has 0 spiro atoms. The highest BCUT2D eigenvalue weighted by Gasteiger charge is 2.06. The maximum Gasteiger partial charge on any atom is 0.129 e. The summed E-state index contributed by atoms with van der Waals surface area (Å²) in [4.78, 5) is 0. The maximum absolute atomic E-state index is 13.8. The average Bonchev–Trinajstić information content (AvgIpc) is 2.75. The van der Waals surface area contributed by atoms with E-state index in [-0.39, 0.29) is 5.82 Å². The van der Waals surface area contributed by atoms with Gasteiger partial charge in [0.05, 0.1) is 6.54 Å². The van der Waals surface area contributed by atoms with Crippen molar-refractivity contribution < 1.29 is 4.39 Å². The lowest BCUT2D eigenvalue weighted by Gasteiger charge is -2.07. The first kappa shape index (κ1) is 12.2. The summed E-state index contributed by atoms with van der Waals surface area (Å²) < 4.78 is 15.9. The third-order valence-corrected chi connectivity index (χ3v) is 3.52. The molecule has 0 atom stereocenters. The van der Waals surface area contributed by atoms with Crippen LogP contribution in [-0.4, -0.2) is 4.57 Å². The van der Waals surface area contributed by atoms with Gasteiger partial charge in [-0.1, -0.05) is 29.8 Å². The van der Waals surface area contributed by atoms with Crippen LogP contribution in [0.4, 0.5) is 4.39 Å². The molecule has 0 unspecified atom stereocenters. The number of aryl methyl sites for hydroxylation is 1. The number of rotatable bonds is 2. The molecule has 0 N–H and O–H groups in total. The Morgan fingerprint density at radius 2 is 1.95 bits per heavy atom. The van der Waals surface area contributed by atoms with E-state index < -0.39 is 0 Å². The van der Waals surface area contributed by atoms with Gasteiger partial charge in [-0.2, -0.15) is 0 Å². The van der Waals surface area contributed by atoms with E-state index >= 15 is 0 Å². The molecule has 3 rings (SSSR count). The predicted molar refractivity (Wildman–Crippen MR) is 77.2 cm³/mol. The monoisotopic (exact) mass is 273 g/mol. The highest BCUT2D eigenvalue weighted by atomic mass is 35.5. The highest BCUT2D eigenvalue weighted by Crippen LogP contribution is 2.21. The van der Waals surface area contributed by atoms with E-state index in [1.807, 2.05) is 12.3 Å². The van der Waals surface area contributed by atoms with Crippen LogP contribution in [0.1, 0.15) is 11.1 Å². The van der Waals surface area contributed by atoms with Gasteiger partial charge in [-0.05, 0) is 42.1 Å². The quantitative estimate of drug-likeness (QED) is 0.633. The third-order valence-electron chi connectivity index (χ3n) is 3.29. The number of hydrogen-bond donors (Lipinski definition) is 0. The molecule has 0 bridgehead atoms. The fraction of sp³-hybridized carbons (Fsp3) is 0.125. The number of hydrogen-bond acceptors (Lipinski definition) is 0. The summed E-state index contributed by atoms with van der Waals surface area (Å²) in [5.74, 6) is -0.262. The van der Waals surface area contributed by atoms with Gasteiger partial charge in [0.15, 0.2) is 0 Å². The van der Waals surface area contributed by atoms with E-state index in [9.17, 15) is 4.39 Å². The zero-order valence-electron chi connectivity index (χ0n) is 10.5. The molecule has 1 aromatic heterocycles. The zero-order valence-corrected chi connectivity index (χ0v) is 11.3. The van der Waals surface area contributed by atoms with Crippen LogP contribution < -0.4 is 0 Å². The Hall–Kier alpha value is -1.80. The molecule has 19 heavy (non-hydrogen) atoms. The number of fused-ring (bicyclic) bond motifs is 1. The van der Waals surface area contributed by atoms with Crippen LogP contribution >= 0.6 is 11.6 Å². The van der Waals surface area contributed by atoms with Crippen molar-refractivity contribution in [2.75, 3.05) is 0 Å². The van der Waals surface area contributed by atoms with E-state index in [2.05, 4.69) is 29.7 Å². The number of aromatic nitrogens is 1. The lowest BCUT2D eigenvalue weighted by atomic mass is 10.2. The van der Waals surface area contributed by atoms with Crippen molar-refractivity contribution in [3.63, 3.8) is 0 Å². The molecule has 96 valence electrons. The SMILES string of the molecule is Cc1ccc2ccn(Cc3ccc(Cl)cc3F)c2c1. The lowest BCUT2D eigenvalue weighted by molar-refractivity contribution is 0.602. The molecule has 0 aliphatic rings. The molecule has 0 amide bonds. The normalized spacial score (nSPS) is 11.1. The van der Waals surface area contributed by atoms with Gasteiger partial charge in [0.25, 0.3) is 0 Å². The van der Waals surface area contributed by atoms with Crippen LogP contribution in [0.15, 0.2) is 48.7 Å². The van der Waals surface area contributed by atoms with Crippen molar-refractivity contribution in [1.82, 2.24) is 4.57 Å². The molecule has 1 nitrogen and oxygen atoms in total. The van der Waals surface area contributed by atoms with E-state index in [4.69, 9.17) is 11.6 Å². The molecule has 3 aromatic rings. The Kier molecular flexibility index (Phi) is 3.03. The molecule has 0 aliphatic carbocycles. The summed E-state index contributed by atoms with van der Waals surface area (Å²) in [5.41, 5.74) is 2.96. The molecule has 0 radical (unpaired) electrons. The van der Waals surface area contributed by atoms with Gasteiger partial charge in [-0.25, -0.2) is 4.39 Å². The Morgan fingerprint density at radius 1 is 1.11 bits per heavy atom. The van der Waals surface area contributed by atoms with Crippen molar-refractivity contribution in [2.24, 2.45) is 0 Å². The zero-order chi connectivity index (χ0) is 13.4. The molecule has 1 heterocycles. The van der Waals surface area contributed by atoms with Gasteiger partial charge in [0, 0.05) is 22.3 Å². The summed E-state index contributed by atoms with van der Waals surface area (Å²) in [7, 11) is 0. The van der Waals surface area contributed by atoms with Crippen molar-refractivity contribution in [3.8, 4) is 0 Å². The average molecular weight is 274 g/mol. The molecule has 3 heteroatoms. The van der Waals surface area contributed by atoms with Gasteiger partial charge < -0.3 is 4.57 Å². The van der Waals surface area contributed by atoms with Crippen LogP contribution in [0, 0.1) is 12.7 Å². The van der Waals surface area contributed by atoms with E-state index in [0.717, 1.165) is 5.52 Å². The minimum atomic E-state index is -0.262. The summed E-state index contributed by atoms with van der Waals surface area (Å²) in [6, 6.07) is 13.1. The molecule has 0 saturated heterocycles. The minimum Gasteiger partial charge on any atom is -0.343 e. The van der Waals surface area contributed by atoms with Gasteiger partial charge in [0.2, 0.25) is 0 Å². The predicted octanol–water partition coefficient (Wildman–Crippen LogP) is 4.79. The maximum atomic E-state index is 13.8. The van der Waals surface area contributed by atoms with E-state index in [1.165, 1.54) is 17.0 Å². The van der Waals surface area contributed by atoms with Crippen LogP contribution in [0.3, 0.4) is 0 Å². The Balaban J connectivity index is 2.03. The molecule has 0 fully saturated rings. The van der Waals surface area contributed by atoms with Gasteiger partial charge in [-0.15, -0.1) is 0 Å². The second kappa shape index (κ2) is 4.71. The van der Waals surface area contributed by atoms with Crippen molar-refractivity contribution >= 4 is 22.5 Å². The fourth-order valence-corrected chi connectivity index (χ4v) is 2.42. The van der Waals surface area contributed by atoms with Gasteiger partial charge >= 0.3 is 0 Å². The van der Waals surface area contributed by atoms with Crippen LogP contribution in [-0.2, 0) is 6.54 Å². The van der Waals surface area contributed by atoms with Crippen LogP contribution in [0.25, 0.3) is 10.9 Å². The van der Waals surface area contributed by atoms with Crippen LogP contribution in [0.5, 0.6) is 0 Å². The first-order valence-corrected chi connectivity index (χ1v) is 6.51. The minimum absolute atomic E-state index is 0.262. The largest absolute Gasteiger partial charge is 0.343 e. The first-order chi connectivity index (χ1) is 9.13. The standard InChI is InChI=1S/C16H13ClFN/c1-11-2-3-12-6-7-19(16(12)8-11)10-13-4-5-14(17)9-15(13)18/h2-9H,10H2,1H3. The summed E-state index contributed by atoms with van der Waals surface area (Å²) in [6.07, 6.45) is 1.98. The van der Waals surface area contributed by atoms with E-state index in [0.29, 0.717) is 17.1 Å². The van der Waals surface area contributed by atoms with Crippen molar-refractivity contribution in [2.45, 2.75) is 13.5 Å². The third kappa shape index (κ3) is 2.36. The topological polar surface area (TPSA) is 4.93 Å². The van der Waals surface area contributed by atoms with Crippen molar-refractivity contribution in [3.05, 3.63) is 70.6 Å². The summed E-state index contributed by atoms with van der Waals surface area (Å²) in [6.45, 7) is 2.57. The molecular formula is C16H13ClFN. The Morgan fingerprint density at radius 3 is 2.74 bits per heavy atom. The Bertz CT molecular complexity index is 746. The fourth-order valence-electron chi connectivity index (χ4n) is 2.27. The molecular weight excluding hydrogens is 261 g/mol. The smallest absolute Gasteiger partial charge is 0.129 e. The van der Waals surface area contributed by atoms with Crippen molar-refractivity contribution in [1.29, 1.82) is 0 Å².